The molecule has 7 nitrogen and oxygen atoms in total. The number of aryl methyl sites for hydroxylation is 1. The molecule has 3 rings (SSSR count). The summed E-state index contributed by atoms with van der Waals surface area (Å²) in [6.45, 7) is 11.5. The number of nitrogens with one attached hydrogen (secondary N) is 2. The Morgan fingerprint density at radius 2 is 1.77 bits per heavy atom. The molecule has 1 aromatic carbocycles. The van der Waals surface area contributed by atoms with Gasteiger partial charge >= 0.3 is 0 Å². The number of rotatable bonds is 5. The van der Waals surface area contributed by atoms with Crippen molar-refractivity contribution >= 4 is 29.9 Å². The van der Waals surface area contributed by atoms with Crippen LogP contribution in [0.4, 0.5) is 0 Å². The largest absolute Gasteiger partial charge is 0.443 e. The first-order valence-corrected chi connectivity index (χ1v) is 9.80. The van der Waals surface area contributed by atoms with Crippen LogP contribution in [0.1, 0.15) is 49.4 Å². The molecule has 0 aliphatic rings. The predicted octanol–water partition coefficient (Wildman–Crippen LogP) is 4.26. The Balaban J connectivity index is 0.00000320. The highest BCUT2D eigenvalue weighted by Gasteiger charge is 2.19. The number of aromatic nitrogens is 3. The van der Waals surface area contributed by atoms with Crippen molar-refractivity contribution < 1.29 is 4.42 Å². The molecule has 0 atom stereocenters. The number of nitrogens with zero attached hydrogens (tertiary/aromatic N) is 4. The minimum Gasteiger partial charge on any atom is -0.443 e. The van der Waals surface area contributed by atoms with Crippen LogP contribution < -0.4 is 10.6 Å². The van der Waals surface area contributed by atoms with Gasteiger partial charge in [-0.15, -0.1) is 24.0 Å². The molecule has 0 fully saturated rings. The van der Waals surface area contributed by atoms with Gasteiger partial charge in [0.25, 0.3) is 0 Å². The number of guanidine groups is 1. The third kappa shape index (κ3) is 5.62. The van der Waals surface area contributed by atoms with Gasteiger partial charge in [0.15, 0.2) is 5.96 Å². The van der Waals surface area contributed by atoms with E-state index in [-0.39, 0.29) is 29.4 Å². The van der Waals surface area contributed by atoms with Crippen LogP contribution in [0.15, 0.2) is 45.9 Å². The first-order chi connectivity index (χ1) is 13.8. The fourth-order valence-electron chi connectivity index (χ4n) is 3.04. The van der Waals surface area contributed by atoms with Crippen molar-refractivity contribution in [1.82, 2.24) is 25.4 Å². The molecule has 2 heterocycles. The zero-order valence-electron chi connectivity index (χ0n) is 18.5. The standard InChI is InChI=1S/C22H30N6O.HI/c1-15-18(16(2)28(27-15)17-10-8-7-9-11-17)12-25-21(23-6)26-14-20-24-13-19(29-20)22(3,4)5;/h7-11,13H,12,14H2,1-6H3,(H2,23,25,26);1H. The van der Waals surface area contributed by atoms with Crippen molar-refractivity contribution in [3.05, 3.63) is 65.1 Å². The lowest BCUT2D eigenvalue weighted by Crippen LogP contribution is -2.36. The smallest absolute Gasteiger partial charge is 0.213 e. The zero-order valence-corrected chi connectivity index (χ0v) is 20.8. The van der Waals surface area contributed by atoms with E-state index in [0.29, 0.717) is 24.9 Å². The number of hydrogen-bond donors (Lipinski definition) is 2. The Bertz CT molecular complexity index is 985. The van der Waals surface area contributed by atoms with Crippen molar-refractivity contribution in [3.8, 4) is 5.69 Å². The van der Waals surface area contributed by atoms with E-state index >= 15 is 0 Å². The van der Waals surface area contributed by atoms with Gasteiger partial charge in [-0.3, -0.25) is 4.99 Å². The molecule has 0 bridgehead atoms. The molecule has 0 unspecified atom stereocenters. The van der Waals surface area contributed by atoms with Crippen LogP contribution in [-0.2, 0) is 18.5 Å². The molecule has 0 aliphatic heterocycles. The third-order valence-corrected chi connectivity index (χ3v) is 4.80. The number of halogens is 1. The number of hydrogen-bond acceptors (Lipinski definition) is 4. The molecule has 2 aromatic heterocycles. The van der Waals surface area contributed by atoms with Crippen LogP contribution in [0.2, 0.25) is 0 Å². The summed E-state index contributed by atoms with van der Waals surface area (Å²) in [5.41, 5.74) is 4.26. The van der Waals surface area contributed by atoms with Crippen molar-refractivity contribution in [2.75, 3.05) is 7.05 Å². The van der Waals surface area contributed by atoms with E-state index in [4.69, 9.17) is 9.52 Å². The molecule has 2 N–H and O–H groups in total. The Hall–Kier alpha value is -2.36. The van der Waals surface area contributed by atoms with Gasteiger partial charge in [0.05, 0.1) is 24.1 Å². The number of benzene rings is 1. The van der Waals surface area contributed by atoms with Crippen molar-refractivity contribution in [2.45, 2.75) is 53.1 Å². The highest BCUT2D eigenvalue weighted by atomic mass is 127. The third-order valence-electron chi connectivity index (χ3n) is 4.80. The summed E-state index contributed by atoms with van der Waals surface area (Å²) < 4.78 is 7.80. The van der Waals surface area contributed by atoms with Crippen LogP contribution in [0, 0.1) is 13.8 Å². The highest BCUT2D eigenvalue weighted by Crippen LogP contribution is 2.22. The van der Waals surface area contributed by atoms with Gasteiger partial charge in [-0.25, -0.2) is 9.67 Å². The summed E-state index contributed by atoms with van der Waals surface area (Å²) >= 11 is 0. The Morgan fingerprint density at radius 3 is 2.37 bits per heavy atom. The summed E-state index contributed by atoms with van der Waals surface area (Å²) in [7, 11) is 1.75. The first kappa shape index (κ1) is 23.9. The normalized spacial score (nSPS) is 11.9. The van der Waals surface area contributed by atoms with E-state index in [1.54, 1.807) is 13.2 Å². The maximum Gasteiger partial charge on any atom is 0.213 e. The van der Waals surface area contributed by atoms with E-state index in [0.717, 1.165) is 28.4 Å². The molecule has 0 aliphatic carbocycles. The van der Waals surface area contributed by atoms with Gasteiger partial charge in [-0.2, -0.15) is 5.10 Å². The lowest BCUT2D eigenvalue weighted by molar-refractivity contribution is 0.379. The SMILES string of the molecule is CN=C(NCc1ncc(C(C)(C)C)o1)NCc1c(C)nn(-c2ccccc2)c1C.I. The van der Waals surface area contributed by atoms with Crippen LogP contribution >= 0.6 is 24.0 Å². The summed E-state index contributed by atoms with van der Waals surface area (Å²) in [5.74, 6) is 2.20. The van der Waals surface area contributed by atoms with Crippen molar-refractivity contribution in [1.29, 1.82) is 0 Å². The average Bonchev–Trinajstić information content (AvgIpc) is 3.28. The maximum absolute atomic E-state index is 5.83. The second-order valence-corrected chi connectivity index (χ2v) is 8.04. The van der Waals surface area contributed by atoms with E-state index in [9.17, 15) is 0 Å². The second kappa shape index (κ2) is 10.1. The van der Waals surface area contributed by atoms with E-state index in [1.165, 1.54) is 0 Å². The number of oxazole rings is 1. The highest BCUT2D eigenvalue weighted by molar-refractivity contribution is 14.0. The molecule has 8 heteroatoms. The van der Waals surface area contributed by atoms with Crippen LogP contribution in [0.3, 0.4) is 0 Å². The Labute approximate surface area is 195 Å². The maximum atomic E-state index is 5.83. The molecule has 3 aromatic rings. The Morgan fingerprint density at radius 1 is 1.10 bits per heavy atom. The van der Waals surface area contributed by atoms with Crippen LogP contribution in [0.5, 0.6) is 0 Å². The zero-order chi connectivity index (χ0) is 21.0. The number of aliphatic imine (C=N–C) groups is 1. The van der Waals surface area contributed by atoms with Gasteiger partial charge in [0.1, 0.15) is 5.76 Å². The molecule has 0 saturated carbocycles. The number of para-hydroxylation sites is 1. The summed E-state index contributed by atoms with van der Waals surface area (Å²) in [6.07, 6.45) is 1.79. The van der Waals surface area contributed by atoms with E-state index in [1.807, 2.05) is 29.8 Å². The van der Waals surface area contributed by atoms with Crippen molar-refractivity contribution in [2.24, 2.45) is 4.99 Å². The van der Waals surface area contributed by atoms with Gasteiger partial charge in [0.2, 0.25) is 5.89 Å². The van der Waals surface area contributed by atoms with Gasteiger partial charge < -0.3 is 15.1 Å². The lowest BCUT2D eigenvalue weighted by atomic mass is 9.94. The minimum absolute atomic E-state index is 0. The Kier molecular flexibility index (Phi) is 8.05. The minimum atomic E-state index is -0.0564. The molecular weight excluding hydrogens is 491 g/mol. The molecule has 0 saturated heterocycles. The summed E-state index contributed by atoms with van der Waals surface area (Å²) in [4.78, 5) is 8.64. The molecule has 162 valence electrons. The molecule has 30 heavy (non-hydrogen) atoms. The lowest BCUT2D eigenvalue weighted by Gasteiger charge is -2.13. The van der Waals surface area contributed by atoms with Crippen LogP contribution in [0.25, 0.3) is 5.69 Å². The summed E-state index contributed by atoms with van der Waals surface area (Å²) in [5, 5.41) is 11.3. The monoisotopic (exact) mass is 522 g/mol. The van der Waals surface area contributed by atoms with E-state index < -0.39 is 0 Å². The quantitative estimate of drug-likeness (QED) is 0.298. The second-order valence-electron chi connectivity index (χ2n) is 8.04. The molecular formula is C22H31IN6O. The average molecular weight is 522 g/mol. The topological polar surface area (TPSA) is 80.3 Å². The van der Waals surface area contributed by atoms with Gasteiger partial charge in [-0.1, -0.05) is 39.0 Å². The fourth-order valence-corrected chi connectivity index (χ4v) is 3.04. The van der Waals surface area contributed by atoms with Gasteiger partial charge in [0, 0.05) is 30.3 Å². The molecule has 0 amide bonds. The van der Waals surface area contributed by atoms with E-state index in [2.05, 4.69) is 60.4 Å². The van der Waals surface area contributed by atoms with Crippen LogP contribution in [-0.4, -0.2) is 27.8 Å². The van der Waals surface area contributed by atoms with Gasteiger partial charge in [-0.05, 0) is 26.0 Å². The molecule has 0 radical (unpaired) electrons. The van der Waals surface area contributed by atoms with Crippen molar-refractivity contribution in [3.63, 3.8) is 0 Å². The first-order valence-electron chi connectivity index (χ1n) is 9.80. The predicted molar refractivity (Wildman–Crippen MR) is 131 cm³/mol. The molecule has 0 spiro atoms. The summed E-state index contributed by atoms with van der Waals surface area (Å²) in [6, 6.07) is 10.1. The fraction of sp³-hybridized carbons (Fsp3) is 0.409.